The van der Waals surface area contributed by atoms with E-state index in [1.807, 2.05) is 0 Å². The van der Waals surface area contributed by atoms with Crippen LogP contribution in [0.25, 0.3) is 0 Å². The zero-order valence-corrected chi connectivity index (χ0v) is 11.4. The Labute approximate surface area is 111 Å². The molecule has 0 saturated carbocycles. The monoisotopic (exact) mass is 291 g/mol. The quantitative estimate of drug-likeness (QED) is 0.854. The molecule has 0 atom stereocenters. The zero-order valence-electron chi connectivity index (χ0n) is 9.81. The van der Waals surface area contributed by atoms with E-state index in [4.69, 9.17) is 11.6 Å². The Bertz CT molecular complexity index is 542. The molecule has 0 aliphatic heterocycles. The molecule has 0 aliphatic carbocycles. The van der Waals surface area contributed by atoms with Gasteiger partial charge < -0.3 is 10.4 Å². The molecule has 7 heteroatoms. The van der Waals surface area contributed by atoms with Crippen LogP contribution in [0.1, 0.15) is 17.3 Å². The van der Waals surface area contributed by atoms with Crippen LogP contribution in [0.4, 0.5) is 0 Å². The summed E-state index contributed by atoms with van der Waals surface area (Å²) in [4.78, 5) is 11.7. The number of halogens is 1. The third-order valence-electron chi connectivity index (χ3n) is 2.33. The molecule has 1 rings (SSSR count). The highest BCUT2D eigenvalue weighted by molar-refractivity contribution is 7.91. The van der Waals surface area contributed by atoms with E-state index in [2.05, 4.69) is 5.32 Å². The first kappa shape index (κ1) is 14.8. The molecule has 0 heterocycles. The SMILES string of the molecule is CCS(=O)(=O)CCNC(=O)c1cc(O)ccc1Cl. The van der Waals surface area contributed by atoms with Gasteiger partial charge in [0.05, 0.1) is 16.3 Å². The molecule has 0 radical (unpaired) electrons. The number of carbonyl (C=O) groups is 1. The average Bonchev–Trinajstić information content (AvgIpc) is 2.32. The Hall–Kier alpha value is -1.27. The number of hydrogen-bond acceptors (Lipinski definition) is 4. The van der Waals surface area contributed by atoms with Crippen LogP contribution in [0, 0.1) is 0 Å². The molecule has 0 bridgehead atoms. The lowest BCUT2D eigenvalue weighted by molar-refractivity contribution is 0.0956. The number of carbonyl (C=O) groups excluding carboxylic acids is 1. The molecule has 0 fully saturated rings. The fourth-order valence-electron chi connectivity index (χ4n) is 1.25. The van der Waals surface area contributed by atoms with Crippen molar-refractivity contribution in [1.82, 2.24) is 5.32 Å². The number of nitrogens with one attached hydrogen (secondary N) is 1. The summed E-state index contributed by atoms with van der Waals surface area (Å²) >= 11 is 5.80. The maximum Gasteiger partial charge on any atom is 0.252 e. The third-order valence-corrected chi connectivity index (χ3v) is 4.37. The predicted molar refractivity (Wildman–Crippen MR) is 69.8 cm³/mol. The number of benzene rings is 1. The van der Waals surface area contributed by atoms with Gasteiger partial charge in [-0.05, 0) is 18.2 Å². The summed E-state index contributed by atoms with van der Waals surface area (Å²) in [5.41, 5.74) is 0.116. The van der Waals surface area contributed by atoms with Gasteiger partial charge in [-0.25, -0.2) is 8.42 Å². The molecule has 18 heavy (non-hydrogen) atoms. The fourth-order valence-corrected chi connectivity index (χ4v) is 2.15. The van der Waals surface area contributed by atoms with Crippen LogP contribution in [-0.4, -0.2) is 37.5 Å². The van der Waals surface area contributed by atoms with Crippen molar-refractivity contribution >= 4 is 27.3 Å². The van der Waals surface area contributed by atoms with Crippen LogP contribution in [0.5, 0.6) is 5.75 Å². The number of aromatic hydroxyl groups is 1. The maximum atomic E-state index is 11.7. The van der Waals surface area contributed by atoms with Crippen molar-refractivity contribution in [3.63, 3.8) is 0 Å². The Balaban J connectivity index is 2.64. The highest BCUT2D eigenvalue weighted by atomic mass is 35.5. The van der Waals surface area contributed by atoms with Gasteiger partial charge >= 0.3 is 0 Å². The topological polar surface area (TPSA) is 83.5 Å². The lowest BCUT2D eigenvalue weighted by atomic mass is 10.2. The van der Waals surface area contributed by atoms with Crippen molar-refractivity contribution in [2.24, 2.45) is 0 Å². The Morgan fingerprint density at radius 3 is 2.72 bits per heavy atom. The zero-order chi connectivity index (χ0) is 13.8. The van der Waals surface area contributed by atoms with Gasteiger partial charge in [0.1, 0.15) is 5.75 Å². The summed E-state index contributed by atoms with van der Waals surface area (Å²) in [6.45, 7) is 1.56. The molecular weight excluding hydrogens is 278 g/mol. The normalized spacial score (nSPS) is 11.2. The number of rotatable bonds is 5. The van der Waals surface area contributed by atoms with Crippen molar-refractivity contribution in [1.29, 1.82) is 0 Å². The highest BCUT2D eigenvalue weighted by Crippen LogP contribution is 2.20. The van der Waals surface area contributed by atoms with E-state index >= 15 is 0 Å². The first-order chi connectivity index (χ1) is 8.35. The van der Waals surface area contributed by atoms with E-state index in [0.717, 1.165) is 0 Å². The van der Waals surface area contributed by atoms with E-state index in [0.29, 0.717) is 0 Å². The molecule has 1 aromatic carbocycles. The molecule has 1 amide bonds. The van der Waals surface area contributed by atoms with Crippen LogP contribution in [0.15, 0.2) is 18.2 Å². The summed E-state index contributed by atoms with van der Waals surface area (Å²) in [7, 11) is -3.11. The van der Waals surface area contributed by atoms with Crippen molar-refractivity contribution in [2.75, 3.05) is 18.1 Å². The fraction of sp³-hybridized carbons (Fsp3) is 0.364. The first-order valence-electron chi connectivity index (χ1n) is 5.33. The smallest absolute Gasteiger partial charge is 0.252 e. The van der Waals surface area contributed by atoms with Crippen LogP contribution >= 0.6 is 11.6 Å². The first-order valence-corrected chi connectivity index (χ1v) is 7.53. The Morgan fingerprint density at radius 1 is 1.44 bits per heavy atom. The molecule has 5 nitrogen and oxygen atoms in total. The Kier molecular flexibility index (Phi) is 4.98. The average molecular weight is 292 g/mol. The van der Waals surface area contributed by atoms with E-state index in [1.165, 1.54) is 18.2 Å². The van der Waals surface area contributed by atoms with Gasteiger partial charge in [-0.15, -0.1) is 0 Å². The van der Waals surface area contributed by atoms with E-state index < -0.39 is 15.7 Å². The number of hydrogen-bond donors (Lipinski definition) is 2. The van der Waals surface area contributed by atoms with Gasteiger partial charge in [0, 0.05) is 12.3 Å². The molecule has 100 valence electrons. The van der Waals surface area contributed by atoms with Gasteiger partial charge in [-0.3, -0.25) is 4.79 Å². The molecule has 0 aliphatic rings. The maximum absolute atomic E-state index is 11.7. The summed E-state index contributed by atoms with van der Waals surface area (Å²) in [6.07, 6.45) is 0. The summed E-state index contributed by atoms with van der Waals surface area (Å²) in [5, 5.41) is 11.9. The van der Waals surface area contributed by atoms with Gasteiger partial charge in [0.25, 0.3) is 5.91 Å². The molecule has 0 saturated heterocycles. The largest absolute Gasteiger partial charge is 0.508 e. The van der Waals surface area contributed by atoms with E-state index in [-0.39, 0.29) is 34.4 Å². The van der Waals surface area contributed by atoms with Crippen LogP contribution < -0.4 is 5.32 Å². The predicted octanol–water partition coefficient (Wildman–Crippen LogP) is 1.21. The number of amides is 1. The van der Waals surface area contributed by atoms with Gasteiger partial charge in [-0.2, -0.15) is 0 Å². The number of phenols is 1. The lowest BCUT2D eigenvalue weighted by Crippen LogP contribution is -2.29. The molecule has 0 spiro atoms. The Morgan fingerprint density at radius 2 is 2.11 bits per heavy atom. The van der Waals surface area contributed by atoms with Crippen molar-refractivity contribution < 1.29 is 18.3 Å². The van der Waals surface area contributed by atoms with Crippen molar-refractivity contribution in [2.45, 2.75) is 6.92 Å². The van der Waals surface area contributed by atoms with Crippen molar-refractivity contribution in [3.05, 3.63) is 28.8 Å². The lowest BCUT2D eigenvalue weighted by Gasteiger charge is -2.07. The van der Waals surface area contributed by atoms with Gasteiger partial charge in [0.2, 0.25) is 0 Å². The molecule has 1 aromatic rings. The van der Waals surface area contributed by atoms with E-state index in [1.54, 1.807) is 6.92 Å². The minimum atomic E-state index is -3.11. The summed E-state index contributed by atoms with van der Waals surface area (Å²) < 4.78 is 22.4. The number of phenolic OH excluding ortho intramolecular Hbond substituents is 1. The third kappa shape index (κ3) is 4.19. The van der Waals surface area contributed by atoms with Crippen LogP contribution in [-0.2, 0) is 9.84 Å². The molecule has 0 aromatic heterocycles. The number of sulfone groups is 1. The summed E-state index contributed by atoms with van der Waals surface area (Å²) in [6, 6.07) is 3.99. The van der Waals surface area contributed by atoms with Crippen LogP contribution in [0.2, 0.25) is 5.02 Å². The van der Waals surface area contributed by atoms with Gasteiger partial charge in [0.15, 0.2) is 9.84 Å². The second-order valence-corrected chi connectivity index (χ2v) is 6.54. The van der Waals surface area contributed by atoms with Gasteiger partial charge in [-0.1, -0.05) is 18.5 Å². The second-order valence-electron chi connectivity index (χ2n) is 3.66. The molecular formula is C11H14ClNO4S. The standard InChI is InChI=1S/C11H14ClNO4S/c1-2-18(16,17)6-5-13-11(15)9-7-8(14)3-4-10(9)12/h3-4,7,14H,2,5-6H2,1H3,(H,13,15). The minimum absolute atomic E-state index is 0.0149. The minimum Gasteiger partial charge on any atom is -0.508 e. The molecule has 2 N–H and O–H groups in total. The summed E-state index contributed by atoms with van der Waals surface area (Å²) in [5.74, 6) is -0.672. The second kappa shape index (κ2) is 6.06. The highest BCUT2D eigenvalue weighted by Gasteiger charge is 2.12. The van der Waals surface area contributed by atoms with E-state index in [9.17, 15) is 18.3 Å². The van der Waals surface area contributed by atoms with Crippen molar-refractivity contribution in [3.8, 4) is 5.75 Å². The molecule has 0 unspecified atom stereocenters. The van der Waals surface area contributed by atoms with Crippen LogP contribution in [0.3, 0.4) is 0 Å².